The highest BCUT2D eigenvalue weighted by atomic mass is 15.2. The Morgan fingerprint density at radius 3 is 2.39 bits per heavy atom. The number of fused-ring (bicyclic) bond motifs is 8. The first kappa shape index (κ1) is 14.6. The van der Waals surface area contributed by atoms with Crippen molar-refractivity contribution in [1.82, 2.24) is 4.98 Å². The first-order valence-electron chi connectivity index (χ1n) is 9.96. The fourth-order valence-electron chi connectivity index (χ4n) is 5.40. The number of para-hydroxylation sites is 1. The van der Waals surface area contributed by atoms with Gasteiger partial charge in [0.25, 0.3) is 0 Å². The van der Waals surface area contributed by atoms with Crippen molar-refractivity contribution >= 4 is 17.2 Å². The van der Waals surface area contributed by atoms with Gasteiger partial charge in [-0.2, -0.15) is 0 Å². The Kier molecular flexibility index (Phi) is 2.67. The van der Waals surface area contributed by atoms with Gasteiger partial charge in [-0.1, -0.05) is 54.6 Å². The summed E-state index contributed by atoms with van der Waals surface area (Å²) < 4.78 is 0. The molecule has 3 aromatic carbocycles. The van der Waals surface area contributed by atoms with Crippen molar-refractivity contribution in [2.24, 2.45) is 0 Å². The Morgan fingerprint density at radius 1 is 0.643 bits per heavy atom. The quantitative estimate of drug-likeness (QED) is 0.334. The van der Waals surface area contributed by atoms with Crippen LogP contribution in [0.5, 0.6) is 0 Å². The lowest BCUT2D eigenvalue weighted by molar-refractivity contribution is 0.981. The number of pyridine rings is 1. The van der Waals surface area contributed by atoms with Gasteiger partial charge < -0.3 is 0 Å². The maximum Gasteiger partial charge on any atom is 0.141 e. The van der Waals surface area contributed by atoms with E-state index in [0.717, 1.165) is 25.1 Å². The van der Waals surface area contributed by atoms with Crippen LogP contribution in [0.2, 0.25) is 0 Å². The largest absolute Gasteiger partial charge is 0.294 e. The van der Waals surface area contributed by atoms with Crippen molar-refractivity contribution in [1.29, 1.82) is 0 Å². The van der Waals surface area contributed by atoms with Crippen LogP contribution in [0.3, 0.4) is 0 Å². The summed E-state index contributed by atoms with van der Waals surface area (Å²) >= 11 is 0. The van der Waals surface area contributed by atoms with E-state index in [4.69, 9.17) is 4.98 Å². The highest BCUT2D eigenvalue weighted by Gasteiger charge is 2.35. The molecule has 7 rings (SSSR count). The first-order valence-corrected chi connectivity index (χ1v) is 9.96. The number of hydrogen-bond donors (Lipinski definition) is 0. The fraction of sp³-hybridized carbons (Fsp3) is 0.115. The minimum Gasteiger partial charge on any atom is -0.294 e. The van der Waals surface area contributed by atoms with Gasteiger partial charge in [-0.05, 0) is 63.1 Å². The number of hydrogen-bond acceptors (Lipinski definition) is 2. The van der Waals surface area contributed by atoms with Gasteiger partial charge in [-0.3, -0.25) is 4.90 Å². The molecule has 2 heteroatoms. The third-order valence-electron chi connectivity index (χ3n) is 6.54. The summed E-state index contributed by atoms with van der Waals surface area (Å²) in [5.74, 6) is 1.09. The van der Waals surface area contributed by atoms with E-state index >= 15 is 0 Å². The van der Waals surface area contributed by atoms with E-state index in [-0.39, 0.29) is 0 Å². The van der Waals surface area contributed by atoms with E-state index in [9.17, 15) is 0 Å². The third kappa shape index (κ3) is 1.75. The van der Waals surface area contributed by atoms with Crippen LogP contribution in [0.25, 0.3) is 11.1 Å². The average Bonchev–Trinajstić information content (AvgIpc) is 3.12. The van der Waals surface area contributed by atoms with Crippen LogP contribution >= 0.6 is 0 Å². The van der Waals surface area contributed by atoms with E-state index in [1.807, 2.05) is 6.20 Å². The Balaban J connectivity index is 1.56. The molecule has 0 radical (unpaired) electrons. The van der Waals surface area contributed by atoms with Crippen molar-refractivity contribution in [3.05, 3.63) is 106 Å². The lowest BCUT2D eigenvalue weighted by Crippen LogP contribution is -2.25. The van der Waals surface area contributed by atoms with Crippen molar-refractivity contribution in [3.63, 3.8) is 0 Å². The SMILES string of the molecule is c1ccc2c(c1)Cc1ccc3c(c1-2)Cc1cccc2c1N3c1ncccc1C2. The van der Waals surface area contributed by atoms with E-state index in [2.05, 4.69) is 71.6 Å². The Bertz CT molecular complexity index is 1300. The molecule has 3 aliphatic rings. The average molecular weight is 358 g/mol. The summed E-state index contributed by atoms with van der Waals surface area (Å²) in [5.41, 5.74) is 14.0. The normalized spacial score (nSPS) is 14.6. The zero-order valence-corrected chi connectivity index (χ0v) is 15.4. The second-order valence-corrected chi connectivity index (χ2v) is 8.03. The molecule has 2 aliphatic heterocycles. The predicted molar refractivity (Wildman–Crippen MR) is 113 cm³/mol. The minimum atomic E-state index is 0.964. The Hall–Kier alpha value is -3.39. The predicted octanol–water partition coefficient (Wildman–Crippen LogP) is 5.93. The van der Waals surface area contributed by atoms with Gasteiger partial charge in [-0.15, -0.1) is 0 Å². The highest BCUT2D eigenvalue weighted by Crippen LogP contribution is 2.53. The summed E-state index contributed by atoms with van der Waals surface area (Å²) in [6, 6.07) is 24.6. The molecule has 0 fully saturated rings. The number of nitrogens with zero attached hydrogens (tertiary/aromatic N) is 2. The minimum absolute atomic E-state index is 0.964. The summed E-state index contributed by atoms with van der Waals surface area (Å²) in [4.78, 5) is 7.23. The molecule has 28 heavy (non-hydrogen) atoms. The second-order valence-electron chi connectivity index (χ2n) is 8.03. The molecular formula is C26H18N2. The third-order valence-corrected chi connectivity index (χ3v) is 6.54. The van der Waals surface area contributed by atoms with Crippen molar-refractivity contribution < 1.29 is 0 Å². The van der Waals surface area contributed by atoms with Gasteiger partial charge in [0.1, 0.15) is 5.82 Å². The molecule has 2 nitrogen and oxygen atoms in total. The zero-order chi connectivity index (χ0) is 18.2. The monoisotopic (exact) mass is 358 g/mol. The number of benzene rings is 3. The molecular weight excluding hydrogens is 340 g/mol. The van der Waals surface area contributed by atoms with Crippen LogP contribution in [0, 0.1) is 0 Å². The fourth-order valence-corrected chi connectivity index (χ4v) is 5.40. The molecule has 0 saturated carbocycles. The number of anilines is 3. The lowest BCUT2D eigenvalue weighted by Gasteiger charge is -2.39. The van der Waals surface area contributed by atoms with Crippen LogP contribution in [0.1, 0.15) is 33.4 Å². The topological polar surface area (TPSA) is 16.1 Å². The summed E-state index contributed by atoms with van der Waals surface area (Å²) in [6.07, 6.45) is 4.92. The van der Waals surface area contributed by atoms with Crippen LogP contribution in [0.4, 0.5) is 17.2 Å². The zero-order valence-electron chi connectivity index (χ0n) is 15.4. The summed E-state index contributed by atoms with van der Waals surface area (Å²) in [6.45, 7) is 0. The van der Waals surface area contributed by atoms with E-state index in [0.29, 0.717) is 0 Å². The Labute approximate surface area is 164 Å². The van der Waals surface area contributed by atoms with Crippen molar-refractivity contribution in [2.45, 2.75) is 19.3 Å². The molecule has 0 spiro atoms. The summed E-state index contributed by atoms with van der Waals surface area (Å²) in [7, 11) is 0. The molecule has 0 unspecified atom stereocenters. The Morgan fingerprint density at radius 2 is 1.43 bits per heavy atom. The van der Waals surface area contributed by atoms with Gasteiger partial charge in [0, 0.05) is 19.0 Å². The van der Waals surface area contributed by atoms with Gasteiger partial charge in [-0.25, -0.2) is 4.98 Å². The van der Waals surface area contributed by atoms with Crippen molar-refractivity contribution in [2.75, 3.05) is 4.90 Å². The van der Waals surface area contributed by atoms with E-state index in [1.165, 1.54) is 55.9 Å². The van der Waals surface area contributed by atoms with E-state index in [1.54, 1.807) is 0 Å². The summed E-state index contributed by atoms with van der Waals surface area (Å²) in [5, 5.41) is 0. The van der Waals surface area contributed by atoms with E-state index < -0.39 is 0 Å². The number of aromatic nitrogens is 1. The molecule has 1 aliphatic carbocycles. The smallest absolute Gasteiger partial charge is 0.141 e. The van der Waals surface area contributed by atoms with Crippen LogP contribution in [-0.2, 0) is 19.3 Å². The van der Waals surface area contributed by atoms with Crippen LogP contribution in [-0.4, -0.2) is 4.98 Å². The maximum atomic E-state index is 4.81. The molecule has 3 heterocycles. The standard InChI is InChI=1S/C26H18N2/c1-2-9-21-16(5-1)13-17-10-11-23-22(24(17)21)15-19-7-3-6-18-14-20-8-4-12-27-26(20)28(23)25(18)19/h1-12H,13-15H2. The molecule has 4 aromatic rings. The molecule has 0 amide bonds. The van der Waals surface area contributed by atoms with Crippen LogP contribution < -0.4 is 4.90 Å². The molecule has 0 atom stereocenters. The molecule has 0 bridgehead atoms. The highest BCUT2D eigenvalue weighted by molar-refractivity contribution is 5.93. The molecule has 0 saturated heterocycles. The first-order chi connectivity index (χ1) is 13.9. The maximum absolute atomic E-state index is 4.81. The second kappa shape index (κ2) is 5.11. The lowest BCUT2D eigenvalue weighted by atomic mass is 9.84. The molecule has 1 aromatic heterocycles. The number of rotatable bonds is 0. The van der Waals surface area contributed by atoms with Gasteiger partial charge >= 0.3 is 0 Å². The van der Waals surface area contributed by atoms with Crippen LogP contribution in [0.15, 0.2) is 72.9 Å². The van der Waals surface area contributed by atoms with Gasteiger partial charge in [0.15, 0.2) is 0 Å². The molecule has 0 N–H and O–H groups in total. The molecule has 132 valence electrons. The van der Waals surface area contributed by atoms with Gasteiger partial charge in [0.2, 0.25) is 0 Å². The van der Waals surface area contributed by atoms with Gasteiger partial charge in [0.05, 0.1) is 11.4 Å². The van der Waals surface area contributed by atoms with Crippen molar-refractivity contribution in [3.8, 4) is 11.1 Å².